The average molecular weight is 377 g/mol. The maximum absolute atomic E-state index is 13.0. The first-order chi connectivity index (χ1) is 13.5. The highest BCUT2D eigenvalue weighted by atomic mass is 16.6. The molecule has 28 heavy (non-hydrogen) atoms. The highest BCUT2D eigenvalue weighted by Gasteiger charge is 2.21. The van der Waals surface area contributed by atoms with Crippen molar-refractivity contribution in [1.82, 2.24) is 5.32 Å². The molecule has 8 nitrogen and oxygen atoms in total. The molecule has 0 bridgehead atoms. The van der Waals surface area contributed by atoms with Crippen LogP contribution in [-0.4, -0.2) is 36.7 Å². The Kier molecular flexibility index (Phi) is 5.77. The molecule has 3 rings (SSSR count). The fraction of sp³-hybridized carbons (Fsp3) is 0.250. The average Bonchev–Trinajstić information content (AvgIpc) is 3.24. The highest BCUT2D eigenvalue weighted by molar-refractivity contribution is 6.09. The first-order valence-corrected chi connectivity index (χ1v) is 8.84. The topological polar surface area (TPSA) is 112 Å². The Hall–Kier alpha value is -3.57. The van der Waals surface area contributed by atoms with Gasteiger partial charge in [-0.05, 0) is 49.7 Å². The molecule has 1 saturated heterocycles. The molecule has 142 valence electrons. The summed E-state index contributed by atoms with van der Waals surface area (Å²) in [4.78, 5) is 29.5. The van der Waals surface area contributed by atoms with Crippen molar-refractivity contribution in [3.63, 3.8) is 0 Å². The van der Waals surface area contributed by atoms with E-state index in [0.717, 1.165) is 19.4 Å². The van der Waals surface area contributed by atoms with Gasteiger partial charge in [-0.25, -0.2) is 0 Å². The summed E-state index contributed by atoms with van der Waals surface area (Å²) in [5.41, 5.74) is 1.41. The zero-order valence-corrected chi connectivity index (χ0v) is 15.3. The van der Waals surface area contributed by atoms with Gasteiger partial charge in [-0.3, -0.25) is 19.9 Å². The van der Waals surface area contributed by atoms with Gasteiger partial charge in [0.15, 0.2) is 0 Å². The Bertz CT molecular complexity index is 957. The van der Waals surface area contributed by atoms with E-state index in [2.05, 4.69) is 10.3 Å². The number of nitro groups is 1. The third kappa shape index (κ3) is 4.22. The summed E-state index contributed by atoms with van der Waals surface area (Å²) in [7, 11) is 1.58. The van der Waals surface area contributed by atoms with E-state index in [4.69, 9.17) is 5.26 Å². The van der Waals surface area contributed by atoms with Crippen LogP contribution in [0.3, 0.4) is 0 Å². The van der Waals surface area contributed by atoms with Crippen LogP contribution in [0.1, 0.15) is 28.8 Å². The number of non-ortho nitro benzene ring substituents is 1. The van der Waals surface area contributed by atoms with E-state index >= 15 is 0 Å². The molecule has 1 atom stereocenters. The number of nitrogens with one attached hydrogen (secondary N) is 1. The van der Waals surface area contributed by atoms with Gasteiger partial charge in [-0.15, -0.1) is 0 Å². The van der Waals surface area contributed by atoms with Crippen LogP contribution < -0.4 is 10.2 Å². The van der Waals surface area contributed by atoms with Crippen molar-refractivity contribution in [3.05, 3.63) is 63.7 Å². The number of nitro benzene ring substituents is 1. The summed E-state index contributed by atoms with van der Waals surface area (Å²) in [6, 6.07) is 12.8. The predicted molar refractivity (Wildman–Crippen MR) is 106 cm³/mol. The van der Waals surface area contributed by atoms with Crippen LogP contribution >= 0.6 is 0 Å². The number of nitriles is 1. The molecule has 2 aromatic rings. The Morgan fingerprint density at radius 2 is 2.11 bits per heavy atom. The molecule has 1 unspecified atom stereocenters. The fourth-order valence-corrected chi connectivity index (χ4v) is 2.99. The van der Waals surface area contributed by atoms with E-state index in [9.17, 15) is 14.9 Å². The van der Waals surface area contributed by atoms with E-state index in [-0.39, 0.29) is 17.3 Å². The van der Waals surface area contributed by atoms with E-state index in [0.29, 0.717) is 16.9 Å². The molecule has 0 radical (unpaired) electrons. The summed E-state index contributed by atoms with van der Waals surface area (Å²) < 4.78 is 0. The lowest BCUT2D eigenvalue weighted by molar-refractivity contribution is -0.384. The van der Waals surface area contributed by atoms with E-state index in [1.807, 2.05) is 6.07 Å². The first kappa shape index (κ1) is 19.2. The first-order valence-electron chi connectivity index (χ1n) is 8.84. The van der Waals surface area contributed by atoms with Gasteiger partial charge in [0.1, 0.15) is 0 Å². The van der Waals surface area contributed by atoms with Crippen LogP contribution in [0.2, 0.25) is 0 Å². The molecule has 0 saturated carbocycles. The number of benzene rings is 2. The van der Waals surface area contributed by atoms with Crippen LogP contribution in [0.15, 0.2) is 47.5 Å². The summed E-state index contributed by atoms with van der Waals surface area (Å²) in [6.07, 6.45) is 3.77. The maximum Gasteiger partial charge on any atom is 0.270 e. The zero-order valence-electron chi connectivity index (χ0n) is 15.3. The molecule has 0 aliphatic carbocycles. The van der Waals surface area contributed by atoms with Crippen LogP contribution in [0, 0.1) is 21.4 Å². The van der Waals surface area contributed by atoms with Gasteiger partial charge < -0.3 is 10.2 Å². The Balaban J connectivity index is 1.94. The minimum Gasteiger partial charge on any atom is -0.311 e. The molecular formula is C20H19N5O3. The van der Waals surface area contributed by atoms with Gasteiger partial charge in [0.2, 0.25) is 0 Å². The van der Waals surface area contributed by atoms with Crippen molar-refractivity contribution in [1.29, 1.82) is 5.26 Å². The fourth-order valence-electron chi connectivity index (χ4n) is 2.99. The molecular weight excluding hydrogens is 358 g/mol. The zero-order chi connectivity index (χ0) is 20.1. The van der Waals surface area contributed by atoms with Gasteiger partial charge in [0.25, 0.3) is 11.6 Å². The lowest BCUT2D eigenvalue weighted by Gasteiger charge is -2.18. The summed E-state index contributed by atoms with van der Waals surface area (Å²) in [5.74, 6) is -0.417. The summed E-state index contributed by atoms with van der Waals surface area (Å²) in [6.45, 7) is 0.921. The van der Waals surface area contributed by atoms with Gasteiger partial charge in [0, 0.05) is 37.1 Å². The molecule has 0 aromatic heterocycles. The Morgan fingerprint density at radius 1 is 1.36 bits per heavy atom. The van der Waals surface area contributed by atoms with Crippen molar-refractivity contribution in [2.75, 3.05) is 18.5 Å². The van der Waals surface area contributed by atoms with Crippen LogP contribution in [0.25, 0.3) is 0 Å². The molecule has 1 aliphatic heterocycles. The summed E-state index contributed by atoms with van der Waals surface area (Å²) in [5, 5.41) is 23.4. The van der Waals surface area contributed by atoms with Crippen molar-refractivity contribution >= 4 is 29.2 Å². The second-order valence-corrected chi connectivity index (χ2v) is 6.46. The second kappa shape index (κ2) is 8.41. The van der Waals surface area contributed by atoms with E-state index in [1.54, 1.807) is 37.5 Å². The van der Waals surface area contributed by atoms with Crippen LogP contribution in [0.4, 0.5) is 17.1 Å². The van der Waals surface area contributed by atoms with Crippen molar-refractivity contribution < 1.29 is 9.72 Å². The number of aliphatic imine (C=N–C) groups is 1. The van der Waals surface area contributed by atoms with Crippen LogP contribution in [-0.2, 0) is 0 Å². The maximum atomic E-state index is 13.0. The van der Waals surface area contributed by atoms with Gasteiger partial charge in [-0.2, -0.15) is 5.26 Å². The smallest absolute Gasteiger partial charge is 0.270 e. The number of hydrogen-bond donors (Lipinski definition) is 1. The van der Waals surface area contributed by atoms with Gasteiger partial charge in [-0.1, -0.05) is 0 Å². The molecule has 2 aromatic carbocycles. The normalized spacial score (nSPS) is 16.1. The van der Waals surface area contributed by atoms with E-state index in [1.165, 1.54) is 23.1 Å². The number of amides is 1. The lowest BCUT2D eigenvalue weighted by Crippen LogP contribution is -2.26. The summed E-state index contributed by atoms with van der Waals surface area (Å²) >= 11 is 0. The molecule has 1 fully saturated rings. The second-order valence-electron chi connectivity index (χ2n) is 6.46. The Morgan fingerprint density at radius 3 is 2.71 bits per heavy atom. The molecule has 8 heteroatoms. The monoisotopic (exact) mass is 377 g/mol. The standard InChI is InChI=1S/C20H19N5O3/c1-24(16-6-4-14(12-21)5-7-16)20(26)18-11-17(25(27)28)8-9-19(18)23-13-15-3-2-10-22-15/h4-9,11,13,15,22H,2-3,10H2,1H3. The van der Waals surface area contributed by atoms with Crippen molar-refractivity contribution in [2.24, 2.45) is 4.99 Å². The van der Waals surface area contributed by atoms with E-state index < -0.39 is 10.8 Å². The van der Waals surface area contributed by atoms with Gasteiger partial charge in [0.05, 0.1) is 27.8 Å². The van der Waals surface area contributed by atoms with Crippen molar-refractivity contribution in [2.45, 2.75) is 18.9 Å². The van der Waals surface area contributed by atoms with Gasteiger partial charge >= 0.3 is 0 Å². The number of carbonyl (C=O) groups excluding carboxylic acids is 1. The minimum atomic E-state index is -0.537. The number of carbonyl (C=O) groups is 1. The molecule has 1 heterocycles. The highest BCUT2D eigenvalue weighted by Crippen LogP contribution is 2.27. The quantitative estimate of drug-likeness (QED) is 0.488. The van der Waals surface area contributed by atoms with Crippen molar-refractivity contribution in [3.8, 4) is 6.07 Å². The molecule has 1 N–H and O–H groups in total. The Labute approximate surface area is 162 Å². The molecule has 1 aliphatic rings. The van der Waals surface area contributed by atoms with Crippen LogP contribution in [0.5, 0.6) is 0 Å². The molecule has 1 amide bonds. The minimum absolute atomic E-state index is 0.134. The number of rotatable bonds is 5. The number of anilines is 1. The lowest BCUT2D eigenvalue weighted by atomic mass is 10.1. The molecule has 0 spiro atoms. The third-order valence-electron chi connectivity index (χ3n) is 4.60. The number of hydrogen-bond acceptors (Lipinski definition) is 6. The number of nitrogens with zero attached hydrogens (tertiary/aromatic N) is 4. The third-order valence-corrected chi connectivity index (χ3v) is 4.60. The predicted octanol–water partition coefficient (Wildman–Crippen LogP) is 3.20. The largest absolute Gasteiger partial charge is 0.311 e. The SMILES string of the molecule is CN(C(=O)c1cc([N+](=O)[O-])ccc1N=CC1CCCN1)c1ccc(C#N)cc1.